The van der Waals surface area contributed by atoms with E-state index in [1.165, 1.54) is 0 Å². The fourth-order valence-electron chi connectivity index (χ4n) is 2.64. The van der Waals surface area contributed by atoms with E-state index in [-0.39, 0.29) is 11.5 Å². The zero-order valence-corrected chi connectivity index (χ0v) is 13.7. The van der Waals surface area contributed by atoms with Crippen molar-refractivity contribution in [1.82, 2.24) is 14.7 Å². The van der Waals surface area contributed by atoms with Crippen molar-refractivity contribution in [3.05, 3.63) is 0 Å². The van der Waals surface area contributed by atoms with Gasteiger partial charge in [0.15, 0.2) is 0 Å². The van der Waals surface area contributed by atoms with E-state index in [0.717, 1.165) is 26.2 Å². The summed E-state index contributed by atoms with van der Waals surface area (Å²) in [6.07, 6.45) is 0.288. The summed E-state index contributed by atoms with van der Waals surface area (Å²) in [6.45, 7) is 8.12. The summed E-state index contributed by atoms with van der Waals surface area (Å²) in [4.78, 5) is 6.78. The molecule has 0 saturated carbocycles. The highest BCUT2D eigenvalue weighted by molar-refractivity contribution is 4.86. The van der Waals surface area contributed by atoms with Crippen LogP contribution in [0.15, 0.2) is 0 Å². The first kappa shape index (κ1) is 17.8. The molecule has 0 amide bonds. The highest BCUT2D eigenvalue weighted by Gasteiger charge is 2.33. The monoisotopic (exact) mass is 259 g/mol. The van der Waals surface area contributed by atoms with Crippen LogP contribution in [0.3, 0.4) is 0 Å². The first-order valence-electron chi connectivity index (χ1n) is 6.73. The number of rotatable bonds is 9. The minimum Gasteiger partial charge on any atom is -0.378 e. The molecule has 0 fully saturated rings. The molecule has 0 radical (unpaired) electrons. The van der Waals surface area contributed by atoms with E-state index in [9.17, 15) is 0 Å². The average molecular weight is 259 g/mol. The molecule has 0 spiro atoms. The van der Waals surface area contributed by atoms with Gasteiger partial charge in [-0.15, -0.1) is 0 Å². The maximum absolute atomic E-state index is 5.93. The quantitative estimate of drug-likeness (QED) is 0.617. The lowest BCUT2D eigenvalue weighted by atomic mass is 9.87. The number of hydrogen-bond donors (Lipinski definition) is 0. The summed E-state index contributed by atoms with van der Waals surface area (Å²) in [6, 6.07) is 0. The van der Waals surface area contributed by atoms with Gasteiger partial charge < -0.3 is 19.4 Å². The van der Waals surface area contributed by atoms with Crippen LogP contribution in [0.2, 0.25) is 0 Å². The van der Waals surface area contributed by atoms with E-state index in [2.05, 4.69) is 70.8 Å². The van der Waals surface area contributed by atoms with Crippen molar-refractivity contribution in [2.45, 2.75) is 20.0 Å². The highest BCUT2D eigenvalue weighted by atomic mass is 16.5. The molecule has 0 saturated heterocycles. The van der Waals surface area contributed by atoms with Gasteiger partial charge in [-0.3, -0.25) is 0 Å². The second kappa shape index (κ2) is 8.10. The van der Waals surface area contributed by atoms with Crippen LogP contribution in [-0.4, -0.2) is 89.3 Å². The van der Waals surface area contributed by atoms with Gasteiger partial charge in [0.2, 0.25) is 0 Å². The van der Waals surface area contributed by atoms with Gasteiger partial charge in [0.05, 0.1) is 12.7 Å². The third kappa shape index (κ3) is 8.03. The van der Waals surface area contributed by atoms with Crippen molar-refractivity contribution in [1.29, 1.82) is 0 Å². The molecule has 0 unspecified atom stereocenters. The summed E-state index contributed by atoms with van der Waals surface area (Å²) < 4.78 is 5.93. The number of hydrogen-bond acceptors (Lipinski definition) is 4. The maximum Gasteiger partial charge on any atom is 0.0562 e. The Kier molecular flexibility index (Phi) is 8.03. The van der Waals surface area contributed by atoms with Gasteiger partial charge in [0, 0.05) is 25.0 Å². The van der Waals surface area contributed by atoms with Crippen LogP contribution in [0.5, 0.6) is 0 Å². The molecule has 0 aromatic heterocycles. The Morgan fingerprint density at radius 2 is 1.11 bits per heavy atom. The Morgan fingerprint density at radius 3 is 1.33 bits per heavy atom. The zero-order valence-electron chi connectivity index (χ0n) is 13.7. The number of nitrogens with zero attached hydrogens (tertiary/aromatic N) is 3. The van der Waals surface area contributed by atoms with E-state index < -0.39 is 0 Å². The molecule has 0 aliphatic heterocycles. The van der Waals surface area contributed by atoms with Crippen LogP contribution in [-0.2, 0) is 4.74 Å². The third-order valence-electron chi connectivity index (χ3n) is 2.68. The normalized spacial score (nSPS) is 13.3. The Labute approximate surface area is 114 Å². The summed E-state index contributed by atoms with van der Waals surface area (Å²) >= 11 is 0. The topological polar surface area (TPSA) is 19.0 Å². The SMILES string of the molecule is CC(C)OCC(CN(C)C)(CN(C)C)CN(C)C. The van der Waals surface area contributed by atoms with Crippen molar-refractivity contribution in [2.24, 2.45) is 5.41 Å². The standard InChI is InChI=1S/C14H33N3O/c1-13(2)18-12-14(9-15(3)4,10-16(5)6)11-17(7)8/h13H,9-12H2,1-8H3. The molecular formula is C14H33N3O. The molecule has 18 heavy (non-hydrogen) atoms. The Balaban J connectivity index is 4.85. The summed E-state index contributed by atoms with van der Waals surface area (Å²) in [7, 11) is 12.8. The molecule has 0 heterocycles. The first-order chi connectivity index (χ1) is 8.17. The van der Waals surface area contributed by atoms with Gasteiger partial charge in [-0.25, -0.2) is 0 Å². The van der Waals surface area contributed by atoms with Crippen molar-refractivity contribution >= 4 is 0 Å². The summed E-state index contributed by atoms with van der Waals surface area (Å²) in [5.74, 6) is 0. The second-order valence-corrected chi connectivity index (χ2v) is 6.57. The van der Waals surface area contributed by atoms with Crippen molar-refractivity contribution < 1.29 is 4.74 Å². The Morgan fingerprint density at radius 1 is 0.778 bits per heavy atom. The van der Waals surface area contributed by atoms with Crippen LogP contribution in [0.25, 0.3) is 0 Å². The van der Waals surface area contributed by atoms with Gasteiger partial charge in [0.1, 0.15) is 0 Å². The van der Waals surface area contributed by atoms with Crippen LogP contribution in [0.1, 0.15) is 13.8 Å². The van der Waals surface area contributed by atoms with E-state index in [0.29, 0.717) is 0 Å². The molecule has 4 nitrogen and oxygen atoms in total. The molecule has 0 bridgehead atoms. The van der Waals surface area contributed by atoms with Crippen LogP contribution >= 0.6 is 0 Å². The smallest absolute Gasteiger partial charge is 0.0562 e. The number of ether oxygens (including phenoxy) is 1. The zero-order chi connectivity index (χ0) is 14.3. The largest absolute Gasteiger partial charge is 0.378 e. The molecule has 0 aliphatic carbocycles. The van der Waals surface area contributed by atoms with Crippen molar-refractivity contribution in [3.63, 3.8) is 0 Å². The van der Waals surface area contributed by atoms with Gasteiger partial charge in [-0.1, -0.05) is 0 Å². The lowest BCUT2D eigenvalue weighted by Gasteiger charge is -2.40. The first-order valence-corrected chi connectivity index (χ1v) is 6.73. The van der Waals surface area contributed by atoms with E-state index in [1.54, 1.807) is 0 Å². The molecule has 110 valence electrons. The molecule has 0 atom stereocenters. The summed E-state index contributed by atoms with van der Waals surface area (Å²) in [5, 5.41) is 0. The van der Waals surface area contributed by atoms with Gasteiger partial charge in [-0.2, -0.15) is 0 Å². The van der Waals surface area contributed by atoms with Gasteiger partial charge in [0.25, 0.3) is 0 Å². The fraction of sp³-hybridized carbons (Fsp3) is 1.00. The molecule has 0 aromatic rings. The summed E-state index contributed by atoms with van der Waals surface area (Å²) in [5.41, 5.74) is 0.154. The van der Waals surface area contributed by atoms with E-state index >= 15 is 0 Å². The molecule has 0 aromatic carbocycles. The van der Waals surface area contributed by atoms with Gasteiger partial charge in [-0.05, 0) is 56.1 Å². The lowest BCUT2D eigenvalue weighted by Crippen LogP contribution is -2.51. The highest BCUT2D eigenvalue weighted by Crippen LogP contribution is 2.22. The lowest BCUT2D eigenvalue weighted by molar-refractivity contribution is -0.0263. The van der Waals surface area contributed by atoms with E-state index in [1.807, 2.05) is 0 Å². The van der Waals surface area contributed by atoms with Crippen molar-refractivity contribution in [2.75, 3.05) is 68.5 Å². The van der Waals surface area contributed by atoms with Crippen LogP contribution < -0.4 is 0 Å². The second-order valence-electron chi connectivity index (χ2n) is 6.57. The molecule has 0 rings (SSSR count). The average Bonchev–Trinajstić information content (AvgIpc) is 2.11. The molecule has 0 N–H and O–H groups in total. The Hall–Kier alpha value is -0.160. The minimum atomic E-state index is 0.154. The third-order valence-corrected chi connectivity index (χ3v) is 2.68. The van der Waals surface area contributed by atoms with E-state index in [4.69, 9.17) is 4.74 Å². The van der Waals surface area contributed by atoms with Crippen LogP contribution in [0.4, 0.5) is 0 Å². The molecule has 4 heteroatoms. The van der Waals surface area contributed by atoms with Gasteiger partial charge >= 0.3 is 0 Å². The fourth-order valence-corrected chi connectivity index (χ4v) is 2.64. The molecule has 0 aliphatic rings. The van der Waals surface area contributed by atoms with Crippen molar-refractivity contribution in [3.8, 4) is 0 Å². The molecular weight excluding hydrogens is 226 g/mol. The minimum absolute atomic E-state index is 0.154. The Bertz CT molecular complexity index is 189. The predicted molar refractivity (Wildman–Crippen MR) is 79.2 cm³/mol. The predicted octanol–water partition coefficient (Wildman–Crippen LogP) is 1.08. The maximum atomic E-state index is 5.93. The van der Waals surface area contributed by atoms with Crippen LogP contribution in [0, 0.1) is 5.41 Å².